The van der Waals surface area contributed by atoms with E-state index in [1.54, 1.807) is 6.07 Å². The summed E-state index contributed by atoms with van der Waals surface area (Å²) in [6.45, 7) is 4.10. The van der Waals surface area contributed by atoms with Gasteiger partial charge in [-0.2, -0.15) is 0 Å². The molecule has 1 rings (SSSR count). The molecular weight excluding hydrogens is 274 g/mol. The highest BCUT2D eigenvalue weighted by molar-refractivity contribution is 5.77. The molecule has 3 N–H and O–H groups in total. The summed E-state index contributed by atoms with van der Waals surface area (Å²) in [5.41, 5.74) is 5.58. The van der Waals surface area contributed by atoms with E-state index < -0.39 is 10.5 Å². The summed E-state index contributed by atoms with van der Waals surface area (Å²) in [6.07, 6.45) is 1.52. The van der Waals surface area contributed by atoms with Gasteiger partial charge in [0.15, 0.2) is 6.61 Å². The van der Waals surface area contributed by atoms with E-state index in [2.05, 4.69) is 5.32 Å². The second kappa shape index (κ2) is 7.58. The predicted molar refractivity (Wildman–Crippen MR) is 79.1 cm³/mol. The third kappa shape index (κ3) is 5.39. The molecule has 0 saturated heterocycles. The molecule has 0 radical (unpaired) electrons. The van der Waals surface area contributed by atoms with E-state index in [0.717, 1.165) is 12.8 Å². The average Bonchev–Trinajstić information content (AvgIpc) is 2.50. The fourth-order valence-corrected chi connectivity index (χ4v) is 1.66. The smallest absolute Gasteiger partial charge is 0.273 e. The third-order valence-electron chi connectivity index (χ3n) is 3.44. The molecule has 0 aliphatic rings. The number of amides is 1. The Morgan fingerprint density at radius 2 is 2.10 bits per heavy atom. The van der Waals surface area contributed by atoms with Gasteiger partial charge in [-0.25, -0.2) is 0 Å². The predicted octanol–water partition coefficient (Wildman–Crippen LogP) is 1.61. The highest BCUT2D eigenvalue weighted by Gasteiger charge is 2.20. The summed E-state index contributed by atoms with van der Waals surface area (Å²) in [4.78, 5) is 21.8. The van der Waals surface area contributed by atoms with Crippen LogP contribution in [0.1, 0.15) is 26.7 Å². The zero-order valence-corrected chi connectivity index (χ0v) is 12.3. The lowest BCUT2D eigenvalue weighted by molar-refractivity contribution is -0.384. The van der Waals surface area contributed by atoms with Crippen molar-refractivity contribution in [3.05, 3.63) is 34.4 Å². The first-order valence-corrected chi connectivity index (χ1v) is 6.83. The molecule has 0 bridgehead atoms. The van der Waals surface area contributed by atoms with Crippen molar-refractivity contribution in [2.45, 2.75) is 32.2 Å². The Bertz CT molecular complexity index is 501. The van der Waals surface area contributed by atoms with Crippen molar-refractivity contribution in [3.8, 4) is 5.75 Å². The number of rotatable bonds is 8. The first kappa shape index (κ1) is 16.9. The molecule has 0 unspecified atom stereocenters. The molecule has 1 aromatic rings. The minimum absolute atomic E-state index is 0.0779. The third-order valence-corrected chi connectivity index (χ3v) is 3.44. The standard InChI is InChI=1S/C14H21N3O4/c1-3-14(15,4-2)10-16-13(18)9-21-12-7-5-6-11(8-12)17(19)20/h5-8H,3-4,9-10,15H2,1-2H3,(H,16,18). The molecule has 0 aromatic heterocycles. The number of benzene rings is 1. The number of carbonyl (C=O) groups excluding carboxylic acids is 1. The van der Waals surface area contributed by atoms with Crippen molar-refractivity contribution in [1.82, 2.24) is 5.32 Å². The van der Waals surface area contributed by atoms with Gasteiger partial charge in [0.2, 0.25) is 0 Å². The van der Waals surface area contributed by atoms with E-state index in [1.165, 1.54) is 18.2 Å². The van der Waals surface area contributed by atoms with Crippen LogP contribution in [0.2, 0.25) is 0 Å². The van der Waals surface area contributed by atoms with E-state index >= 15 is 0 Å². The van der Waals surface area contributed by atoms with Gasteiger partial charge in [0.25, 0.3) is 11.6 Å². The van der Waals surface area contributed by atoms with Gasteiger partial charge >= 0.3 is 0 Å². The fourth-order valence-electron chi connectivity index (χ4n) is 1.66. The zero-order valence-electron chi connectivity index (χ0n) is 12.3. The first-order chi connectivity index (χ1) is 9.90. The Balaban J connectivity index is 2.46. The largest absolute Gasteiger partial charge is 0.484 e. The van der Waals surface area contributed by atoms with Gasteiger partial charge in [0.05, 0.1) is 11.0 Å². The second-order valence-electron chi connectivity index (χ2n) is 4.89. The van der Waals surface area contributed by atoms with Crippen molar-refractivity contribution in [3.63, 3.8) is 0 Å². The van der Waals surface area contributed by atoms with Gasteiger partial charge in [0.1, 0.15) is 5.75 Å². The van der Waals surface area contributed by atoms with Gasteiger partial charge in [-0.1, -0.05) is 19.9 Å². The van der Waals surface area contributed by atoms with Gasteiger partial charge in [-0.3, -0.25) is 14.9 Å². The average molecular weight is 295 g/mol. The molecule has 0 aliphatic carbocycles. The molecule has 1 amide bonds. The summed E-state index contributed by atoms with van der Waals surface area (Å²) in [5.74, 6) is -0.0254. The van der Waals surface area contributed by atoms with Gasteiger partial charge < -0.3 is 15.8 Å². The van der Waals surface area contributed by atoms with E-state index in [-0.39, 0.29) is 24.0 Å². The van der Waals surface area contributed by atoms with Crippen molar-refractivity contribution < 1.29 is 14.5 Å². The maximum absolute atomic E-state index is 11.7. The van der Waals surface area contributed by atoms with Gasteiger partial charge in [-0.05, 0) is 18.9 Å². The Hall–Kier alpha value is -2.15. The molecule has 0 heterocycles. The highest BCUT2D eigenvalue weighted by Crippen LogP contribution is 2.18. The number of ether oxygens (including phenoxy) is 1. The van der Waals surface area contributed by atoms with Crippen molar-refractivity contribution in [2.24, 2.45) is 5.73 Å². The number of nitrogens with two attached hydrogens (primary N) is 1. The van der Waals surface area contributed by atoms with Crippen LogP contribution in [0, 0.1) is 10.1 Å². The highest BCUT2D eigenvalue weighted by atomic mass is 16.6. The van der Waals surface area contributed by atoms with Crippen molar-refractivity contribution >= 4 is 11.6 Å². The lowest BCUT2D eigenvalue weighted by Gasteiger charge is -2.26. The summed E-state index contributed by atoms with van der Waals surface area (Å²) in [6, 6.07) is 5.70. The molecule has 7 nitrogen and oxygen atoms in total. The number of nitrogens with zero attached hydrogens (tertiary/aromatic N) is 1. The number of non-ortho nitro benzene ring substituents is 1. The van der Waals surface area contributed by atoms with Crippen LogP contribution in [0.25, 0.3) is 0 Å². The topological polar surface area (TPSA) is 107 Å². The van der Waals surface area contributed by atoms with Gasteiger partial charge in [0, 0.05) is 18.2 Å². The maximum Gasteiger partial charge on any atom is 0.273 e. The zero-order chi connectivity index (χ0) is 15.9. The minimum Gasteiger partial charge on any atom is -0.484 e. The van der Waals surface area contributed by atoms with Crippen LogP contribution in [0.3, 0.4) is 0 Å². The van der Waals surface area contributed by atoms with E-state index in [1.807, 2.05) is 13.8 Å². The number of hydrogen-bond donors (Lipinski definition) is 2. The molecular formula is C14H21N3O4. The van der Waals surface area contributed by atoms with Crippen LogP contribution in [0.4, 0.5) is 5.69 Å². The monoisotopic (exact) mass is 295 g/mol. The minimum atomic E-state index is -0.516. The lowest BCUT2D eigenvalue weighted by atomic mass is 9.94. The van der Waals surface area contributed by atoms with Crippen LogP contribution < -0.4 is 15.8 Å². The van der Waals surface area contributed by atoms with Crippen LogP contribution >= 0.6 is 0 Å². The summed E-state index contributed by atoms with van der Waals surface area (Å²) >= 11 is 0. The fraction of sp³-hybridized carbons (Fsp3) is 0.500. The summed E-state index contributed by atoms with van der Waals surface area (Å²) in [7, 11) is 0. The normalized spacial score (nSPS) is 11.0. The molecule has 0 atom stereocenters. The van der Waals surface area contributed by atoms with E-state index in [0.29, 0.717) is 6.54 Å². The molecule has 21 heavy (non-hydrogen) atoms. The van der Waals surface area contributed by atoms with Crippen molar-refractivity contribution in [2.75, 3.05) is 13.2 Å². The van der Waals surface area contributed by atoms with E-state index in [9.17, 15) is 14.9 Å². The summed E-state index contributed by atoms with van der Waals surface area (Å²) < 4.78 is 5.23. The number of hydrogen-bond acceptors (Lipinski definition) is 5. The van der Waals surface area contributed by atoms with Gasteiger partial charge in [-0.15, -0.1) is 0 Å². The van der Waals surface area contributed by atoms with Crippen LogP contribution in [0.15, 0.2) is 24.3 Å². The summed E-state index contributed by atoms with van der Waals surface area (Å²) in [5, 5.41) is 13.3. The molecule has 1 aromatic carbocycles. The SMILES string of the molecule is CCC(N)(CC)CNC(=O)COc1cccc([N+](=O)[O-])c1. The lowest BCUT2D eigenvalue weighted by Crippen LogP contribution is -2.50. The van der Waals surface area contributed by atoms with Crippen LogP contribution in [0.5, 0.6) is 5.75 Å². The number of nitro groups is 1. The number of nitrogens with one attached hydrogen (secondary N) is 1. The maximum atomic E-state index is 11.7. The molecule has 0 spiro atoms. The second-order valence-corrected chi connectivity index (χ2v) is 4.89. The Labute approximate surface area is 123 Å². The Morgan fingerprint density at radius 3 is 2.67 bits per heavy atom. The molecule has 0 aliphatic heterocycles. The molecule has 7 heteroatoms. The molecule has 0 fully saturated rings. The Kier molecular flexibility index (Phi) is 6.10. The van der Waals surface area contributed by atoms with Crippen LogP contribution in [-0.4, -0.2) is 29.5 Å². The number of nitro benzene ring substituents is 1. The van der Waals surface area contributed by atoms with Crippen molar-refractivity contribution in [1.29, 1.82) is 0 Å². The van der Waals surface area contributed by atoms with E-state index in [4.69, 9.17) is 10.5 Å². The van der Waals surface area contributed by atoms with Crippen LogP contribution in [-0.2, 0) is 4.79 Å². The Morgan fingerprint density at radius 1 is 1.43 bits per heavy atom. The molecule has 116 valence electrons. The first-order valence-electron chi connectivity index (χ1n) is 6.83. The number of carbonyl (C=O) groups is 1. The quantitative estimate of drug-likeness (QED) is 0.559. The molecule has 0 saturated carbocycles.